The lowest BCUT2D eigenvalue weighted by molar-refractivity contribution is -0.138. The molecule has 1 saturated carbocycles. The number of hydrogen-bond donors (Lipinski definition) is 1. The predicted molar refractivity (Wildman–Crippen MR) is 69.7 cm³/mol. The standard InChI is InChI=1S/C13H22N4O2/c1-10(8-11(18)19)9-17-12(14-15-16-17)13(2)6-4-3-5-7-13/h10H,3-9H2,1-2H3,(H,18,19). The molecule has 1 aromatic rings. The second-order valence-electron chi connectivity index (χ2n) is 6.01. The minimum Gasteiger partial charge on any atom is -0.481 e. The summed E-state index contributed by atoms with van der Waals surface area (Å²) in [4.78, 5) is 10.7. The summed E-state index contributed by atoms with van der Waals surface area (Å²) in [5.74, 6) is 0.183. The van der Waals surface area contributed by atoms with Crippen LogP contribution in [0.2, 0.25) is 0 Å². The van der Waals surface area contributed by atoms with Crippen LogP contribution >= 0.6 is 0 Å². The Labute approximate surface area is 113 Å². The van der Waals surface area contributed by atoms with Crippen LogP contribution in [-0.4, -0.2) is 31.3 Å². The van der Waals surface area contributed by atoms with Gasteiger partial charge in [-0.25, -0.2) is 4.68 Å². The molecule has 1 atom stereocenters. The van der Waals surface area contributed by atoms with Crippen LogP contribution in [0.15, 0.2) is 0 Å². The van der Waals surface area contributed by atoms with Crippen LogP contribution in [0.5, 0.6) is 0 Å². The van der Waals surface area contributed by atoms with Crippen LogP contribution in [0, 0.1) is 5.92 Å². The molecule has 0 spiro atoms. The summed E-state index contributed by atoms with van der Waals surface area (Å²) in [6.07, 6.45) is 6.09. The largest absolute Gasteiger partial charge is 0.481 e. The number of tetrazole rings is 1. The van der Waals surface area contributed by atoms with Gasteiger partial charge in [-0.1, -0.05) is 33.1 Å². The Morgan fingerprint density at radius 1 is 1.42 bits per heavy atom. The van der Waals surface area contributed by atoms with Gasteiger partial charge >= 0.3 is 5.97 Å². The number of rotatable bonds is 5. The van der Waals surface area contributed by atoms with Crippen LogP contribution < -0.4 is 0 Å². The third kappa shape index (κ3) is 3.30. The molecule has 1 fully saturated rings. The zero-order valence-electron chi connectivity index (χ0n) is 11.7. The molecule has 6 heteroatoms. The Morgan fingerprint density at radius 2 is 2.11 bits per heavy atom. The third-order valence-corrected chi connectivity index (χ3v) is 4.04. The summed E-state index contributed by atoms with van der Waals surface area (Å²) in [5, 5.41) is 20.9. The number of carboxylic acids is 1. The van der Waals surface area contributed by atoms with Crippen LogP contribution in [0.25, 0.3) is 0 Å². The second-order valence-corrected chi connectivity index (χ2v) is 6.01. The van der Waals surface area contributed by atoms with E-state index >= 15 is 0 Å². The van der Waals surface area contributed by atoms with Crippen molar-refractivity contribution < 1.29 is 9.90 Å². The van der Waals surface area contributed by atoms with Crippen molar-refractivity contribution >= 4 is 5.97 Å². The first kappa shape index (κ1) is 14.0. The molecule has 19 heavy (non-hydrogen) atoms. The van der Waals surface area contributed by atoms with Crippen LogP contribution in [0.3, 0.4) is 0 Å². The molecule has 1 aliphatic carbocycles. The number of aliphatic carboxylic acids is 1. The van der Waals surface area contributed by atoms with Gasteiger partial charge in [-0.05, 0) is 29.2 Å². The van der Waals surface area contributed by atoms with E-state index in [0.717, 1.165) is 18.7 Å². The summed E-state index contributed by atoms with van der Waals surface area (Å²) in [5.41, 5.74) is 0.0463. The van der Waals surface area contributed by atoms with E-state index in [1.165, 1.54) is 19.3 Å². The first-order valence-corrected chi connectivity index (χ1v) is 7.00. The quantitative estimate of drug-likeness (QED) is 0.881. The Morgan fingerprint density at radius 3 is 2.74 bits per heavy atom. The molecular weight excluding hydrogens is 244 g/mol. The summed E-state index contributed by atoms with van der Waals surface area (Å²) in [6.45, 7) is 4.71. The van der Waals surface area contributed by atoms with Crippen LogP contribution in [0.1, 0.15) is 58.2 Å². The van der Waals surface area contributed by atoms with Crippen molar-refractivity contribution in [1.82, 2.24) is 20.2 Å². The smallest absolute Gasteiger partial charge is 0.303 e. The van der Waals surface area contributed by atoms with Crippen LogP contribution in [-0.2, 0) is 16.8 Å². The molecule has 0 aromatic carbocycles. The number of aromatic nitrogens is 4. The van der Waals surface area contributed by atoms with E-state index in [9.17, 15) is 4.79 Å². The van der Waals surface area contributed by atoms with Gasteiger partial charge in [0, 0.05) is 18.4 Å². The maximum atomic E-state index is 10.7. The highest BCUT2D eigenvalue weighted by Crippen LogP contribution is 2.37. The molecular formula is C13H22N4O2. The molecule has 1 aromatic heterocycles. The van der Waals surface area contributed by atoms with E-state index in [4.69, 9.17) is 5.11 Å². The number of carbonyl (C=O) groups is 1. The molecule has 1 N–H and O–H groups in total. The Hall–Kier alpha value is -1.46. The fourth-order valence-electron chi connectivity index (χ4n) is 2.97. The molecule has 0 radical (unpaired) electrons. The van der Waals surface area contributed by atoms with Crippen molar-refractivity contribution in [2.24, 2.45) is 5.92 Å². The minimum absolute atomic E-state index is 0.0342. The Balaban J connectivity index is 2.10. The summed E-state index contributed by atoms with van der Waals surface area (Å²) in [6, 6.07) is 0. The van der Waals surface area contributed by atoms with Crippen molar-refractivity contribution in [2.45, 2.75) is 64.3 Å². The Bertz CT molecular complexity index is 438. The van der Waals surface area contributed by atoms with E-state index < -0.39 is 5.97 Å². The fraction of sp³-hybridized carbons (Fsp3) is 0.846. The van der Waals surface area contributed by atoms with E-state index in [-0.39, 0.29) is 17.8 Å². The lowest BCUT2D eigenvalue weighted by Gasteiger charge is -2.32. The molecule has 2 rings (SSSR count). The van der Waals surface area contributed by atoms with E-state index in [1.807, 2.05) is 6.92 Å². The van der Waals surface area contributed by atoms with E-state index in [1.54, 1.807) is 4.68 Å². The number of nitrogens with zero attached hydrogens (tertiary/aromatic N) is 4. The highest BCUT2D eigenvalue weighted by Gasteiger charge is 2.34. The first-order chi connectivity index (χ1) is 9.01. The monoisotopic (exact) mass is 266 g/mol. The van der Waals surface area contributed by atoms with Crippen molar-refractivity contribution in [3.63, 3.8) is 0 Å². The van der Waals surface area contributed by atoms with Gasteiger partial charge < -0.3 is 5.11 Å². The van der Waals surface area contributed by atoms with Crippen LogP contribution in [0.4, 0.5) is 0 Å². The van der Waals surface area contributed by atoms with Crippen molar-refractivity contribution in [3.05, 3.63) is 5.82 Å². The molecule has 106 valence electrons. The first-order valence-electron chi connectivity index (χ1n) is 7.00. The second kappa shape index (κ2) is 5.67. The average Bonchev–Trinajstić information content (AvgIpc) is 2.77. The number of carboxylic acid groups (broad SMARTS) is 1. The topological polar surface area (TPSA) is 80.9 Å². The van der Waals surface area contributed by atoms with Crippen molar-refractivity contribution in [2.75, 3.05) is 0 Å². The summed E-state index contributed by atoms with van der Waals surface area (Å²) < 4.78 is 1.80. The third-order valence-electron chi connectivity index (χ3n) is 4.04. The van der Waals surface area contributed by atoms with Crippen molar-refractivity contribution in [3.8, 4) is 0 Å². The molecule has 1 heterocycles. The SMILES string of the molecule is CC(CC(=O)O)Cn1nnnc1C1(C)CCCCC1. The van der Waals surface area contributed by atoms with Gasteiger partial charge in [-0.2, -0.15) is 0 Å². The predicted octanol–water partition coefficient (Wildman–Crippen LogP) is 2.01. The maximum absolute atomic E-state index is 10.7. The average molecular weight is 266 g/mol. The normalized spacial score (nSPS) is 20.1. The fourth-order valence-corrected chi connectivity index (χ4v) is 2.97. The molecule has 0 amide bonds. The maximum Gasteiger partial charge on any atom is 0.303 e. The van der Waals surface area contributed by atoms with Gasteiger partial charge in [0.05, 0.1) is 0 Å². The zero-order chi connectivity index (χ0) is 13.9. The highest BCUT2D eigenvalue weighted by molar-refractivity contribution is 5.66. The molecule has 0 aliphatic heterocycles. The molecule has 0 saturated heterocycles. The molecule has 1 unspecified atom stereocenters. The van der Waals surface area contributed by atoms with Gasteiger partial charge in [0.1, 0.15) is 0 Å². The molecule has 1 aliphatic rings. The van der Waals surface area contributed by atoms with Crippen molar-refractivity contribution in [1.29, 1.82) is 0 Å². The Kier molecular flexibility index (Phi) is 4.17. The van der Waals surface area contributed by atoms with E-state index in [2.05, 4.69) is 22.4 Å². The zero-order valence-corrected chi connectivity index (χ0v) is 11.7. The van der Waals surface area contributed by atoms with Gasteiger partial charge in [0.2, 0.25) is 0 Å². The lowest BCUT2D eigenvalue weighted by Crippen LogP contribution is -2.30. The van der Waals surface area contributed by atoms with Gasteiger partial charge in [0.15, 0.2) is 5.82 Å². The highest BCUT2D eigenvalue weighted by atomic mass is 16.4. The van der Waals surface area contributed by atoms with Gasteiger partial charge in [-0.3, -0.25) is 4.79 Å². The minimum atomic E-state index is -0.772. The lowest BCUT2D eigenvalue weighted by atomic mass is 9.75. The van der Waals surface area contributed by atoms with E-state index in [0.29, 0.717) is 6.54 Å². The van der Waals surface area contributed by atoms with Gasteiger partial charge in [-0.15, -0.1) is 5.10 Å². The van der Waals surface area contributed by atoms with Gasteiger partial charge in [0.25, 0.3) is 0 Å². The molecule has 6 nitrogen and oxygen atoms in total. The number of hydrogen-bond acceptors (Lipinski definition) is 4. The summed E-state index contributed by atoms with van der Waals surface area (Å²) >= 11 is 0. The molecule has 0 bridgehead atoms. The summed E-state index contributed by atoms with van der Waals surface area (Å²) in [7, 11) is 0.